The summed E-state index contributed by atoms with van der Waals surface area (Å²) in [7, 11) is 0. The van der Waals surface area contributed by atoms with Crippen molar-refractivity contribution in [2.45, 2.75) is 118 Å². The van der Waals surface area contributed by atoms with Crippen LogP contribution in [0.1, 0.15) is 112 Å². The monoisotopic (exact) mass is 413 g/mol. The van der Waals surface area contributed by atoms with Gasteiger partial charge in [-0.3, -0.25) is 0 Å². The summed E-state index contributed by atoms with van der Waals surface area (Å²) in [6.07, 6.45) is 20.4. The van der Waals surface area contributed by atoms with Crippen LogP contribution in [-0.4, -0.2) is 6.04 Å². The van der Waals surface area contributed by atoms with E-state index in [9.17, 15) is 4.91 Å². The lowest BCUT2D eigenvalue weighted by Crippen LogP contribution is -2.53. The van der Waals surface area contributed by atoms with Crippen LogP contribution in [-0.2, 0) is 0 Å². The Labute approximate surface area is 186 Å². The summed E-state index contributed by atoms with van der Waals surface area (Å²) in [6, 6.07) is -0.00645. The topological polar surface area (TPSA) is 29.4 Å². The summed E-state index contributed by atoms with van der Waals surface area (Å²) in [5.41, 5.74) is 0.573. The van der Waals surface area contributed by atoms with Gasteiger partial charge in [0.2, 0.25) is 0 Å². The van der Waals surface area contributed by atoms with Gasteiger partial charge in [-0.2, -0.15) is 4.91 Å². The molecule has 170 valence electrons. The summed E-state index contributed by atoms with van der Waals surface area (Å²) in [4.78, 5) is 11.8. The summed E-state index contributed by atoms with van der Waals surface area (Å²) < 4.78 is 0. The second kappa shape index (κ2) is 9.75. The molecule has 3 fully saturated rings. The quantitative estimate of drug-likeness (QED) is 0.212. The Kier molecular flexibility index (Phi) is 7.74. The van der Waals surface area contributed by atoms with E-state index in [2.05, 4.69) is 45.7 Å². The molecule has 0 aromatic rings. The molecule has 3 aliphatic rings. The Morgan fingerprint density at radius 2 is 1.77 bits per heavy atom. The molecule has 0 aliphatic heterocycles. The first-order chi connectivity index (χ1) is 14.3. The normalized spacial score (nSPS) is 41.7. The second-order valence-corrected chi connectivity index (χ2v) is 12.2. The fraction of sp³-hybridized carbons (Fsp3) is 0.929. The number of hydrogen-bond acceptors (Lipinski definition) is 2. The molecule has 0 amide bonds. The van der Waals surface area contributed by atoms with Gasteiger partial charge in [0, 0.05) is 6.42 Å². The molecule has 8 atom stereocenters. The minimum Gasteiger partial charge on any atom is -0.150 e. The third kappa shape index (κ3) is 4.38. The zero-order chi connectivity index (χ0) is 21.9. The van der Waals surface area contributed by atoms with Crippen molar-refractivity contribution >= 4 is 0 Å². The summed E-state index contributed by atoms with van der Waals surface area (Å²) in [5, 5.41) is 3.66. The van der Waals surface area contributed by atoms with Crippen molar-refractivity contribution in [2.75, 3.05) is 0 Å². The molecule has 1 unspecified atom stereocenters. The van der Waals surface area contributed by atoms with Crippen molar-refractivity contribution in [3.63, 3.8) is 0 Å². The van der Waals surface area contributed by atoms with Crippen LogP contribution in [0.2, 0.25) is 0 Å². The molecule has 0 aromatic carbocycles. The van der Waals surface area contributed by atoms with Crippen LogP contribution in [0.4, 0.5) is 0 Å². The smallest absolute Gasteiger partial charge is 0.0975 e. The predicted octanol–water partition coefficient (Wildman–Crippen LogP) is 8.25. The third-order valence-corrected chi connectivity index (χ3v) is 10.2. The molecule has 3 rings (SSSR count). The number of hydrogen-bond donors (Lipinski definition) is 0. The van der Waals surface area contributed by atoms with Gasteiger partial charge in [0.25, 0.3) is 0 Å². The molecule has 0 bridgehead atoms. The highest BCUT2D eigenvalue weighted by molar-refractivity contribution is 5.10. The zero-order valence-corrected chi connectivity index (χ0v) is 20.5. The Bertz CT molecular complexity index is 621. The van der Waals surface area contributed by atoms with Crippen LogP contribution in [0.3, 0.4) is 0 Å². The van der Waals surface area contributed by atoms with Gasteiger partial charge in [0.15, 0.2) is 0 Å². The molecule has 3 saturated carbocycles. The average molecular weight is 414 g/mol. The molecule has 3 aliphatic carbocycles. The van der Waals surface area contributed by atoms with E-state index in [1.807, 2.05) is 0 Å². The summed E-state index contributed by atoms with van der Waals surface area (Å²) >= 11 is 0. The van der Waals surface area contributed by atoms with Gasteiger partial charge in [-0.05, 0) is 97.7 Å². The van der Waals surface area contributed by atoms with Crippen LogP contribution < -0.4 is 0 Å². The highest BCUT2D eigenvalue weighted by atomic mass is 16.3. The maximum Gasteiger partial charge on any atom is 0.0975 e. The summed E-state index contributed by atoms with van der Waals surface area (Å²) in [5.74, 6) is 7.70. The van der Waals surface area contributed by atoms with Gasteiger partial charge < -0.3 is 0 Å². The van der Waals surface area contributed by atoms with E-state index >= 15 is 0 Å². The van der Waals surface area contributed by atoms with E-state index in [0.717, 1.165) is 55.3 Å². The lowest BCUT2D eigenvalue weighted by atomic mass is 9.47. The number of fused-ring (bicyclic) bond motifs is 3. The van der Waals surface area contributed by atoms with Crippen molar-refractivity contribution < 1.29 is 0 Å². The average Bonchev–Trinajstić information content (AvgIpc) is 3.05. The molecule has 0 heterocycles. The minimum absolute atomic E-state index is 0.00645. The van der Waals surface area contributed by atoms with Crippen LogP contribution in [0, 0.1) is 63.6 Å². The Morgan fingerprint density at radius 1 is 1.00 bits per heavy atom. The molecule has 2 nitrogen and oxygen atoms in total. The SMILES string of the molecule is C#CCCC[C@@]1(C)C(N=O)CC[C@H]2[C@@H]3CC[C@H]([C@H](C)CCCC(C)C)[C@@]3(C)CC[C@@H]21. The molecular formula is C28H47NO. The fourth-order valence-electron chi connectivity index (χ4n) is 8.56. The van der Waals surface area contributed by atoms with Gasteiger partial charge >= 0.3 is 0 Å². The second-order valence-electron chi connectivity index (χ2n) is 12.2. The highest BCUT2D eigenvalue weighted by Crippen LogP contribution is 2.66. The van der Waals surface area contributed by atoms with Crippen molar-refractivity contribution in [1.82, 2.24) is 0 Å². The van der Waals surface area contributed by atoms with Crippen LogP contribution in [0.25, 0.3) is 0 Å². The van der Waals surface area contributed by atoms with Gasteiger partial charge in [0.05, 0.1) is 6.04 Å². The number of terminal acetylenes is 1. The highest BCUT2D eigenvalue weighted by Gasteiger charge is 2.60. The lowest BCUT2D eigenvalue weighted by molar-refractivity contribution is -0.0857. The Morgan fingerprint density at radius 3 is 2.43 bits per heavy atom. The van der Waals surface area contributed by atoms with E-state index in [1.54, 1.807) is 0 Å². The first kappa shape index (κ1) is 23.8. The van der Waals surface area contributed by atoms with Crippen molar-refractivity contribution in [3.8, 4) is 12.3 Å². The van der Waals surface area contributed by atoms with E-state index < -0.39 is 0 Å². The fourth-order valence-corrected chi connectivity index (χ4v) is 8.56. The van der Waals surface area contributed by atoms with Gasteiger partial charge in [-0.1, -0.05) is 59.1 Å². The third-order valence-electron chi connectivity index (χ3n) is 10.2. The molecule has 0 aromatic heterocycles. The molecular weight excluding hydrogens is 366 g/mol. The molecule has 0 N–H and O–H groups in total. The number of nitrogens with zero attached hydrogens (tertiary/aromatic N) is 1. The molecule has 0 radical (unpaired) electrons. The zero-order valence-electron chi connectivity index (χ0n) is 20.5. The maximum absolute atomic E-state index is 11.8. The van der Waals surface area contributed by atoms with E-state index in [0.29, 0.717) is 11.3 Å². The van der Waals surface area contributed by atoms with Crippen LogP contribution >= 0.6 is 0 Å². The minimum atomic E-state index is -0.00645. The molecule has 0 spiro atoms. The first-order valence-electron chi connectivity index (χ1n) is 13.0. The van der Waals surface area contributed by atoms with E-state index in [4.69, 9.17) is 6.42 Å². The van der Waals surface area contributed by atoms with Gasteiger partial charge in [-0.15, -0.1) is 12.3 Å². The van der Waals surface area contributed by atoms with Crippen molar-refractivity contribution in [3.05, 3.63) is 4.91 Å². The summed E-state index contributed by atoms with van der Waals surface area (Å²) in [6.45, 7) is 12.3. The standard InChI is InChI=1S/C28H47NO/c1-7-8-9-18-28(6)25-17-19-27(5)23(21(4)12-10-11-20(2)3)14-15-24(27)22(25)13-16-26(28)29-30/h1,20-26H,8-19H2,2-6H3/t21-,22+,23-,24+,25+,26?,27-,28-/m1/s1. The molecule has 30 heavy (non-hydrogen) atoms. The van der Waals surface area contributed by atoms with Gasteiger partial charge in [0.1, 0.15) is 0 Å². The first-order valence-corrected chi connectivity index (χ1v) is 13.0. The largest absolute Gasteiger partial charge is 0.150 e. The predicted molar refractivity (Wildman–Crippen MR) is 128 cm³/mol. The van der Waals surface area contributed by atoms with Crippen LogP contribution in [0.5, 0.6) is 0 Å². The van der Waals surface area contributed by atoms with Crippen molar-refractivity contribution in [1.29, 1.82) is 0 Å². The van der Waals surface area contributed by atoms with Gasteiger partial charge in [-0.25, -0.2) is 0 Å². The van der Waals surface area contributed by atoms with Crippen LogP contribution in [0.15, 0.2) is 5.18 Å². The maximum atomic E-state index is 11.8. The molecule has 2 heteroatoms. The van der Waals surface area contributed by atoms with Crippen molar-refractivity contribution in [2.24, 2.45) is 51.5 Å². The number of nitroso groups, excluding NO2 is 1. The lowest BCUT2D eigenvalue weighted by Gasteiger charge is -2.58. The van der Waals surface area contributed by atoms with E-state index in [-0.39, 0.29) is 11.5 Å². The molecule has 0 saturated heterocycles. The number of rotatable bonds is 9. The van der Waals surface area contributed by atoms with E-state index in [1.165, 1.54) is 51.4 Å². The number of unbranched alkanes of at least 4 members (excludes halogenated alkanes) is 1. The Hall–Kier alpha value is -0.840. The Balaban J connectivity index is 1.73.